The molecule has 1 aliphatic heterocycles. The molecule has 2 rings (SSSR count). The SMILES string of the molecule is CCC1(C)Nc2cc(F)cc(F)c2NC1=O. The van der Waals surface area contributed by atoms with Gasteiger partial charge < -0.3 is 10.6 Å². The molecule has 2 N–H and O–H groups in total. The molecule has 16 heavy (non-hydrogen) atoms. The lowest BCUT2D eigenvalue weighted by Crippen LogP contribution is -2.49. The van der Waals surface area contributed by atoms with Crippen molar-refractivity contribution in [2.75, 3.05) is 10.6 Å². The van der Waals surface area contributed by atoms with E-state index in [9.17, 15) is 13.6 Å². The summed E-state index contributed by atoms with van der Waals surface area (Å²) in [6, 6.07) is 1.92. The van der Waals surface area contributed by atoms with Gasteiger partial charge in [0.1, 0.15) is 17.0 Å². The molecule has 0 saturated heterocycles. The van der Waals surface area contributed by atoms with Gasteiger partial charge in [-0.15, -0.1) is 0 Å². The lowest BCUT2D eigenvalue weighted by molar-refractivity contribution is -0.120. The third kappa shape index (κ3) is 1.52. The van der Waals surface area contributed by atoms with Crippen LogP contribution < -0.4 is 10.6 Å². The lowest BCUT2D eigenvalue weighted by Gasteiger charge is -2.35. The molecule has 0 bridgehead atoms. The molecule has 1 aromatic rings. The van der Waals surface area contributed by atoms with Gasteiger partial charge in [-0.3, -0.25) is 4.79 Å². The highest BCUT2D eigenvalue weighted by atomic mass is 19.1. The number of anilines is 2. The van der Waals surface area contributed by atoms with Crippen LogP contribution in [0.15, 0.2) is 12.1 Å². The maximum atomic E-state index is 13.4. The Kier molecular flexibility index (Phi) is 2.33. The van der Waals surface area contributed by atoms with Crippen LogP contribution in [0.3, 0.4) is 0 Å². The number of hydrogen-bond donors (Lipinski definition) is 2. The fraction of sp³-hybridized carbons (Fsp3) is 0.364. The van der Waals surface area contributed by atoms with Gasteiger partial charge in [-0.25, -0.2) is 8.78 Å². The molecule has 1 unspecified atom stereocenters. The van der Waals surface area contributed by atoms with Gasteiger partial charge in [0.15, 0.2) is 5.82 Å². The van der Waals surface area contributed by atoms with Gasteiger partial charge in [0.05, 0.1) is 5.69 Å². The number of amides is 1. The fourth-order valence-corrected chi connectivity index (χ4v) is 1.65. The van der Waals surface area contributed by atoms with Gasteiger partial charge in [-0.05, 0) is 19.4 Å². The summed E-state index contributed by atoms with van der Waals surface area (Å²) < 4.78 is 26.4. The third-order valence-electron chi connectivity index (χ3n) is 2.91. The first kappa shape index (κ1) is 10.9. The summed E-state index contributed by atoms with van der Waals surface area (Å²) in [5, 5.41) is 5.32. The Balaban J connectivity index is 2.51. The second-order valence-corrected chi connectivity index (χ2v) is 4.07. The molecule has 0 radical (unpaired) electrons. The lowest BCUT2D eigenvalue weighted by atomic mass is 9.94. The van der Waals surface area contributed by atoms with Crippen molar-refractivity contribution >= 4 is 17.3 Å². The Morgan fingerprint density at radius 2 is 2.06 bits per heavy atom. The first-order valence-electron chi connectivity index (χ1n) is 5.05. The summed E-state index contributed by atoms with van der Waals surface area (Å²) in [4.78, 5) is 11.7. The van der Waals surface area contributed by atoms with Crippen LogP contribution in [0, 0.1) is 11.6 Å². The van der Waals surface area contributed by atoms with Crippen LogP contribution >= 0.6 is 0 Å². The molecule has 1 amide bonds. The normalized spacial score (nSPS) is 23.4. The van der Waals surface area contributed by atoms with E-state index in [-0.39, 0.29) is 17.3 Å². The summed E-state index contributed by atoms with van der Waals surface area (Å²) in [5.41, 5.74) is -0.536. The zero-order valence-electron chi connectivity index (χ0n) is 9.03. The summed E-state index contributed by atoms with van der Waals surface area (Å²) in [6.07, 6.45) is 0.524. The molecule has 86 valence electrons. The van der Waals surface area contributed by atoms with Gasteiger partial charge in [-0.1, -0.05) is 6.92 Å². The first-order chi connectivity index (χ1) is 7.46. The number of halogens is 2. The van der Waals surface area contributed by atoms with E-state index in [4.69, 9.17) is 0 Å². The Morgan fingerprint density at radius 3 is 2.69 bits per heavy atom. The third-order valence-corrected chi connectivity index (χ3v) is 2.91. The zero-order chi connectivity index (χ0) is 11.9. The molecule has 5 heteroatoms. The van der Waals surface area contributed by atoms with E-state index in [1.807, 2.05) is 6.92 Å². The minimum atomic E-state index is -0.826. The van der Waals surface area contributed by atoms with Crippen molar-refractivity contribution < 1.29 is 13.6 Å². The zero-order valence-corrected chi connectivity index (χ0v) is 9.03. The Hall–Kier alpha value is -1.65. The molecule has 0 spiro atoms. The standard InChI is InChI=1S/C11H12F2N2O/c1-3-11(2)10(16)14-9-7(13)4-6(12)5-8(9)15-11/h4-5,15H,3H2,1-2H3,(H,14,16). The summed E-state index contributed by atoms with van der Waals surface area (Å²) in [7, 11) is 0. The summed E-state index contributed by atoms with van der Waals surface area (Å²) in [6.45, 7) is 3.52. The van der Waals surface area contributed by atoms with E-state index >= 15 is 0 Å². The molecule has 0 fully saturated rings. The quantitative estimate of drug-likeness (QED) is 0.772. The predicted octanol–water partition coefficient (Wildman–Crippen LogP) is 2.50. The van der Waals surface area contributed by atoms with Crippen molar-refractivity contribution in [3.05, 3.63) is 23.8 Å². The number of hydrogen-bond acceptors (Lipinski definition) is 2. The van der Waals surface area contributed by atoms with Crippen LogP contribution in [0.4, 0.5) is 20.2 Å². The molecule has 1 heterocycles. The number of rotatable bonds is 1. The minimum absolute atomic E-state index is 0.0114. The Labute approximate surface area is 91.8 Å². The monoisotopic (exact) mass is 226 g/mol. The molecule has 0 aromatic heterocycles. The van der Waals surface area contributed by atoms with Crippen molar-refractivity contribution in [3.63, 3.8) is 0 Å². The van der Waals surface area contributed by atoms with Crippen LogP contribution in [0.2, 0.25) is 0 Å². The highest BCUT2D eigenvalue weighted by Gasteiger charge is 2.37. The number of carbonyl (C=O) groups excluding carboxylic acids is 1. The molecule has 1 aromatic carbocycles. The summed E-state index contributed by atoms with van der Waals surface area (Å²) in [5.74, 6) is -1.75. The molecule has 0 saturated carbocycles. The van der Waals surface area contributed by atoms with Crippen LogP contribution in [0.5, 0.6) is 0 Å². The molecule has 3 nitrogen and oxygen atoms in total. The largest absolute Gasteiger partial charge is 0.370 e. The predicted molar refractivity (Wildman–Crippen MR) is 57.3 cm³/mol. The number of nitrogens with one attached hydrogen (secondary N) is 2. The van der Waals surface area contributed by atoms with Gasteiger partial charge in [-0.2, -0.15) is 0 Å². The Morgan fingerprint density at radius 1 is 1.38 bits per heavy atom. The topological polar surface area (TPSA) is 41.1 Å². The molecule has 0 aliphatic carbocycles. The van der Waals surface area contributed by atoms with Gasteiger partial charge in [0.25, 0.3) is 0 Å². The van der Waals surface area contributed by atoms with E-state index in [1.54, 1.807) is 6.92 Å². The fourth-order valence-electron chi connectivity index (χ4n) is 1.65. The van der Waals surface area contributed by atoms with Crippen molar-refractivity contribution in [2.45, 2.75) is 25.8 Å². The molecule has 1 atom stereocenters. The molecule has 1 aliphatic rings. The van der Waals surface area contributed by atoms with Crippen LogP contribution in [0.25, 0.3) is 0 Å². The van der Waals surface area contributed by atoms with E-state index in [1.165, 1.54) is 6.07 Å². The first-order valence-corrected chi connectivity index (χ1v) is 5.05. The molecular formula is C11H12F2N2O. The Bertz CT molecular complexity index is 462. The van der Waals surface area contributed by atoms with Gasteiger partial charge in [0.2, 0.25) is 5.91 Å². The van der Waals surface area contributed by atoms with Crippen molar-refractivity contribution in [3.8, 4) is 0 Å². The van der Waals surface area contributed by atoms with E-state index in [2.05, 4.69) is 10.6 Å². The highest BCUT2D eigenvalue weighted by Crippen LogP contribution is 2.34. The van der Waals surface area contributed by atoms with Crippen molar-refractivity contribution in [1.82, 2.24) is 0 Å². The number of fused-ring (bicyclic) bond motifs is 1. The van der Waals surface area contributed by atoms with Crippen molar-refractivity contribution in [1.29, 1.82) is 0 Å². The average molecular weight is 226 g/mol. The van der Waals surface area contributed by atoms with E-state index in [0.717, 1.165) is 6.07 Å². The van der Waals surface area contributed by atoms with Gasteiger partial charge >= 0.3 is 0 Å². The second-order valence-electron chi connectivity index (χ2n) is 4.07. The maximum absolute atomic E-state index is 13.4. The average Bonchev–Trinajstić information content (AvgIpc) is 2.21. The van der Waals surface area contributed by atoms with Crippen LogP contribution in [-0.4, -0.2) is 11.4 Å². The second kappa shape index (κ2) is 3.43. The van der Waals surface area contributed by atoms with Crippen LogP contribution in [-0.2, 0) is 4.79 Å². The summed E-state index contributed by atoms with van der Waals surface area (Å²) >= 11 is 0. The van der Waals surface area contributed by atoms with Crippen LogP contribution in [0.1, 0.15) is 20.3 Å². The minimum Gasteiger partial charge on any atom is -0.370 e. The molecular weight excluding hydrogens is 214 g/mol. The number of benzene rings is 1. The smallest absolute Gasteiger partial charge is 0.249 e. The highest BCUT2D eigenvalue weighted by molar-refractivity contribution is 6.05. The maximum Gasteiger partial charge on any atom is 0.249 e. The van der Waals surface area contributed by atoms with Crippen molar-refractivity contribution in [2.24, 2.45) is 0 Å². The van der Waals surface area contributed by atoms with E-state index < -0.39 is 17.2 Å². The van der Waals surface area contributed by atoms with Gasteiger partial charge in [0, 0.05) is 6.07 Å². The number of carbonyl (C=O) groups is 1. The van der Waals surface area contributed by atoms with E-state index in [0.29, 0.717) is 6.42 Å².